The highest BCUT2D eigenvalue weighted by Gasteiger charge is 2.24. The Hall–Kier alpha value is -0.255. The summed E-state index contributed by atoms with van der Waals surface area (Å²) in [6.07, 6.45) is 0. The summed E-state index contributed by atoms with van der Waals surface area (Å²) >= 11 is 11.7. The van der Waals surface area contributed by atoms with E-state index in [1.807, 2.05) is 12.1 Å². The lowest BCUT2D eigenvalue weighted by Crippen LogP contribution is -2.48. The zero-order valence-corrected chi connectivity index (χ0v) is 12.0. The summed E-state index contributed by atoms with van der Waals surface area (Å²) < 4.78 is 0.691. The van der Waals surface area contributed by atoms with E-state index >= 15 is 0 Å². The molecule has 1 aromatic carbocycles. The lowest BCUT2D eigenvalue weighted by Gasteiger charge is -2.34. The van der Waals surface area contributed by atoms with Gasteiger partial charge in [-0.25, -0.2) is 0 Å². The summed E-state index contributed by atoms with van der Waals surface area (Å²) in [5, 5.41) is 18.7. The molecule has 0 bridgehead atoms. The van der Waals surface area contributed by atoms with E-state index in [9.17, 15) is 10.0 Å². The molecule has 0 saturated carbocycles. The number of rotatable bonds is 7. The van der Waals surface area contributed by atoms with E-state index in [-0.39, 0.29) is 0 Å². The highest BCUT2D eigenvalue weighted by atomic mass is 35.5. The maximum absolute atomic E-state index is 9.36. The molecule has 0 radical (unpaired) electrons. The molecule has 3 nitrogen and oxygen atoms in total. The van der Waals surface area contributed by atoms with Crippen molar-refractivity contribution in [2.24, 2.45) is 0 Å². The van der Waals surface area contributed by atoms with Gasteiger partial charge in [0, 0.05) is 5.56 Å². The molecule has 0 amide bonds. The summed E-state index contributed by atoms with van der Waals surface area (Å²) in [6.45, 7) is 2.28. The van der Waals surface area contributed by atoms with Crippen LogP contribution in [0.25, 0.3) is 0 Å². The van der Waals surface area contributed by atoms with Crippen LogP contribution < -0.4 is 5.46 Å². The summed E-state index contributed by atoms with van der Waals surface area (Å²) in [6, 6.07) is 7.33. The van der Waals surface area contributed by atoms with E-state index in [0.717, 1.165) is 18.7 Å². The monoisotopic (exact) mass is 290 g/mol. The number of alkyl halides is 2. The molecule has 0 heterocycles. The van der Waals surface area contributed by atoms with E-state index in [1.54, 1.807) is 12.1 Å². The Bertz CT molecular complexity index is 371. The minimum absolute atomic E-state index is 0.547. The number of hydrogen-bond acceptors (Lipinski definition) is 2. The van der Waals surface area contributed by atoms with Crippen molar-refractivity contribution in [1.29, 1.82) is 0 Å². The Kier molecular flexibility index (Phi) is 6.46. The van der Waals surface area contributed by atoms with Crippen LogP contribution in [-0.2, 0) is 6.54 Å². The van der Waals surface area contributed by atoms with Gasteiger partial charge >= 0.3 is 7.12 Å². The molecule has 0 aromatic heterocycles. The van der Waals surface area contributed by atoms with Gasteiger partial charge in [0.25, 0.3) is 0 Å². The molecule has 0 aliphatic rings. The summed E-state index contributed by atoms with van der Waals surface area (Å²) in [7, 11) is 0.632. The average molecular weight is 291 g/mol. The zero-order valence-electron chi connectivity index (χ0n) is 10.5. The van der Waals surface area contributed by atoms with E-state index in [2.05, 4.69) is 7.05 Å². The molecule has 6 heteroatoms. The number of quaternary nitrogens is 1. The van der Waals surface area contributed by atoms with Crippen molar-refractivity contribution in [3.8, 4) is 0 Å². The second kappa shape index (κ2) is 7.36. The third-order valence-corrected chi connectivity index (χ3v) is 3.47. The van der Waals surface area contributed by atoms with Gasteiger partial charge in [-0.05, 0) is 5.46 Å². The number of benzene rings is 1. The van der Waals surface area contributed by atoms with E-state index < -0.39 is 7.12 Å². The Morgan fingerprint density at radius 3 is 2.17 bits per heavy atom. The molecule has 0 atom stereocenters. The van der Waals surface area contributed by atoms with Crippen LogP contribution in [0, 0.1) is 0 Å². The van der Waals surface area contributed by atoms with Gasteiger partial charge in [-0.15, -0.1) is 23.2 Å². The topological polar surface area (TPSA) is 40.5 Å². The van der Waals surface area contributed by atoms with Crippen LogP contribution in [0.5, 0.6) is 0 Å². The number of hydrogen-bond donors (Lipinski definition) is 2. The van der Waals surface area contributed by atoms with Gasteiger partial charge in [0.05, 0.1) is 31.9 Å². The standard InChI is InChI=1S/C12H19BCl2NO2/c1-16(8-6-14,9-7-15)10-11-4-2-3-5-12(11)13(17)18/h2-5,17-18H,6-10H2,1H3/q+1. The molecule has 1 rings (SSSR count). The van der Waals surface area contributed by atoms with Crippen LogP contribution in [0.2, 0.25) is 0 Å². The lowest BCUT2D eigenvalue weighted by molar-refractivity contribution is -0.918. The van der Waals surface area contributed by atoms with E-state index in [1.165, 1.54) is 0 Å². The average Bonchev–Trinajstić information content (AvgIpc) is 2.29. The van der Waals surface area contributed by atoms with Crippen LogP contribution in [0.4, 0.5) is 0 Å². The normalized spacial score (nSPS) is 11.6. The van der Waals surface area contributed by atoms with Crippen LogP contribution in [0.1, 0.15) is 5.56 Å². The Morgan fingerprint density at radius 1 is 1.11 bits per heavy atom. The second-order valence-corrected chi connectivity index (χ2v) is 5.43. The Labute approximate surface area is 119 Å². The van der Waals surface area contributed by atoms with Crippen molar-refractivity contribution in [2.75, 3.05) is 31.9 Å². The molecular formula is C12H19BCl2NO2+. The minimum Gasteiger partial charge on any atom is -0.423 e. The summed E-state index contributed by atoms with van der Waals surface area (Å²) in [4.78, 5) is 0. The van der Waals surface area contributed by atoms with Crippen LogP contribution in [0.15, 0.2) is 24.3 Å². The molecule has 0 aliphatic heterocycles. The fraction of sp³-hybridized carbons (Fsp3) is 0.500. The van der Waals surface area contributed by atoms with Crippen molar-refractivity contribution in [1.82, 2.24) is 0 Å². The fourth-order valence-corrected chi connectivity index (χ4v) is 2.84. The molecule has 0 aliphatic carbocycles. The molecule has 0 spiro atoms. The van der Waals surface area contributed by atoms with E-state index in [0.29, 0.717) is 28.3 Å². The number of halogens is 2. The van der Waals surface area contributed by atoms with Gasteiger partial charge in [-0.1, -0.05) is 24.3 Å². The molecular weight excluding hydrogens is 272 g/mol. The summed E-state index contributed by atoms with van der Waals surface area (Å²) in [5.41, 5.74) is 1.47. The van der Waals surface area contributed by atoms with Crippen LogP contribution in [0.3, 0.4) is 0 Å². The maximum Gasteiger partial charge on any atom is 0.488 e. The molecule has 0 saturated heterocycles. The van der Waals surface area contributed by atoms with Gasteiger partial charge < -0.3 is 14.5 Å². The van der Waals surface area contributed by atoms with Crippen molar-refractivity contribution in [3.05, 3.63) is 29.8 Å². The van der Waals surface area contributed by atoms with Gasteiger partial charge in [0.1, 0.15) is 6.54 Å². The van der Waals surface area contributed by atoms with Gasteiger partial charge in [0.2, 0.25) is 0 Å². The molecule has 2 N–H and O–H groups in total. The van der Waals surface area contributed by atoms with Crippen molar-refractivity contribution >= 4 is 35.8 Å². The van der Waals surface area contributed by atoms with E-state index in [4.69, 9.17) is 23.2 Å². The highest BCUT2D eigenvalue weighted by Crippen LogP contribution is 2.12. The third kappa shape index (κ3) is 4.45. The molecule has 100 valence electrons. The molecule has 0 fully saturated rings. The first-order valence-electron chi connectivity index (χ1n) is 5.92. The highest BCUT2D eigenvalue weighted by molar-refractivity contribution is 6.59. The Morgan fingerprint density at radius 2 is 1.67 bits per heavy atom. The first-order valence-corrected chi connectivity index (χ1v) is 6.99. The van der Waals surface area contributed by atoms with Crippen LogP contribution >= 0.6 is 23.2 Å². The predicted octanol–water partition coefficient (Wildman–Crippen LogP) is 0.791. The maximum atomic E-state index is 9.36. The third-order valence-electron chi connectivity index (χ3n) is 3.13. The fourth-order valence-electron chi connectivity index (χ4n) is 2.02. The Balaban J connectivity index is 2.93. The first kappa shape index (κ1) is 15.8. The molecule has 0 unspecified atom stereocenters. The predicted molar refractivity (Wildman–Crippen MR) is 77.3 cm³/mol. The smallest absolute Gasteiger partial charge is 0.423 e. The van der Waals surface area contributed by atoms with Crippen molar-refractivity contribution < 1.29 is 14.5 Å². The minimum atomic E-state index is -1.44. The second-order valence-electron chi connectivity index (χ2n) is 4.68. The lowest BCUT2D eigenvalue weighted by atomic mass is 9.77. The van der Waals surface area contributed by atoms with Crippen LogP contribution in [-0.4, -0.2) is 53.5 Å². The largest absolute Gasteiger partial charge is 0.488 e. The zero-order chi connectivity index (χ0) is 13.6. The molecule has 18 heavy (non-hydrogen) atoms. The van der Waals surface area contributed by atoms with Crippen molar-refractivity contribution in [2.45, 2.75) is 6.54 Å². The SMILES string of the molecule is C[N+](CCCl)(CCCl)Cc1ccccc1B(O)O. The quantitative estimate of drug-likeness (QED) is 0.443. The van der Waals surface area contributed by atoms with Gasteiger partial charge in [-0.3, -0.25) is 0 Å². The summed E-state index contributed by atoms with van der Waals surface area (Å²) in [5.74, 6) is 1.11. The first-order chi connectivity index (χ1) is 8.52. The van der Waals surface area contributed by atoms with Gasteiger partial charge in [0.15, 0.2) is 0 Å². The molecule has 1 aromatic rings. The number of nitrogens with zero attached hydrogens (tertiary/aromatic N) is 1. The van der Waals surface area contributed by atoms with Gasteiger partial charge in [-0.2, -0.15) is 0 Å². The van der Waals surface area contributed by atoms with Crippen molar-refractivity contribution in [3.63, 3.8) is 0 Å².